The van der Waals surface area contributed by atoms with E-state index in [-0.39, 0.29) is 5.24 Å². The highest BCUT2D eigenvalue weighted by Crippen LogP contribution is 2.20. The molecule has 0 aromatic carbocycles. The fraction of sp³-hybridized carbons (Fsp3) is 0.600. The first-order valence-corrected chi connectivity index (χ1v) is 6.12. The molecule has 0 saturated carbocycles. The van der Waals surface area contributed by atoms with Crippen LogP contribution in [0.3, 0.4) is 0 Å². The van der Waals surface area contributed by atoms with E-state index >= 15 is 0 Å². The maximum absolute atomic E-state index is 11.6. The molecule has 100 valence electrons. The molecule has 1 rings (SSSR count). The van der Waals surface area contributed by atoms with Crippen molar-refractivity contribution in [3.05, 3.63) is 0 Å². The van der Waals surface area contributed by atoms with Crippen molar-refractivity contribution in [3.63, 3.8) is 0 Å². The molecule has 1 heterocycles. The normalized spacial score (nSPS) is 10.1. The van der Waals surface area contributed by atoms with Crippen LogP contribution in [-0.2, 0) is 0 Å². The molecule has 1 amide bonds. The van der Waals surface area contributed by atoms with Gasteiger partial charge in [-0.2, -0.15) is 15.0 Å². The minimum atomic E-state index is -0.115. The second kappa shape index (κ2) is 5.85. The maximum atomic E-state index is 11.6. The van der Waals surface area contributed by atoms with Crippen LogP contribution >= 0.6 is 11.8 Å². The van der Waals surface area contributed by atoms with Crippen LogP contribution in [0, 0.1) is 0 Å². The Balaban J connectivity index is 3.07. The van der Waals surface area contributed by atoms with Crippen molar-refractivity contribution in [2.24, 2.45) is 0 Å². The molecule has 0 bridgehead atoms. The highest BCUT2D eigenvalue weighted by molar-refractivity contribution is 8.13. The van der Waals surface area contributed by atoms with E-state index < -0.39 is 0 Å². The lowest BCUT2D eigenvalue weighted by Gasteiger charge is -2.16. The summed E-state index contributed by atoms with van der Waals surface area (Å²) in [4.78, 5) is 29.4. The van der Waals surface area contributed by atoms with E-state index in [1.54, 1.807) is 23.9 Å². The summed E-state index contributed by atoms with van der Waals surface area (Å²) < 4.78 is 0. The van der Waals surface area contributed by atoms with Crippen molar-refractivity contribution in [1.29, 1.82) is 0 Å². The van der Waals surface area contributed by atoms with Gasteiger partial charge >= 0.3 is 0 Å². The van der Waals surface area contributed by atoms with Crippen LogP contribution in [0.15, 0.2) is 5.16 Å². The van der Waals surface area contributed by atoms with Crippen LogP contribution in [0.25, 0.3) is 0 Å². The van der Waals surface area contributed by atoms with Gasteiger partial charge in [0.15, 0.2) is 0 Å². The summed E-state index contributed by atoms with van der Waals surface area (Å²) in [5.74, 6) is 1.06. The Morgan fingerprint density at radius 2 is 1.33 bits per heavy atom. The van der Waals surface area contributed by atoms with Crippen LogP contribution in [0.5, 0.6) is 0 Å². The minimum Gasteiger partial charge on any atom is -0.347 e. The highest BCUT2D eigenvalue weighted by atomic mass is 32.2. The quantitative estimate of drug-likeness (QED) is 0.752. The summed E-state index contributed by atoms with van der Waals surface area (Å²) in [5.41, 5.74) is 0. The molecular formula is C10H18N6OS. The summed E-state index contributed by atoms with van der Waals surface area (Å²) in [7, 11) is 10.8. The number of thioether (sulfide) groups is 1. The second-order valence-electron chi connectivity index (χ2n) is 4.27. The summed E-state index contributed by atoms with van der Waals surface area (Å²) in [5, 5.41) is 0.284. The van der Waals surface area contributed by atoms with Crippen molar-refractivity contribution in [3.8, 4) is 0 Å². The number of hydrogen-bond donors (Lipinski definition) is 0. The Kier molecular flexibility index (Phi) is 4.71. The molecule has 0 aliphatic carbocycles. The lowest BCUT2D eigenvalue weighted by atomic mass is 10.7. The number of aromatic nitrogens is 3. The number of nitrogens with zero attached hydrogens (tertiary/aromatic N) is 6. The van der Waals surface area contributed by atoms with Gasteiger partial charge in [0.25, 0.3) is 5.24 Å². The van der Waals surface area contributed by atoms with Gasteiger partial charge in [-0.15, -0.1) is 0 Å². The summed E-state index contributed by atoms with van der Waals surface area (Å²) in [6, 6.07) is 0. The van der Waals surface area contributed by atoms with Gasteiger partial charge in [0.05, 0.1) is 0 Å². The monoisotopic (exact) mass is 270 g/mol. The number of hydrogen-bond acceptors (Lipinski definition) is 7. The third kappa shape index (κ3) is 3.73. The van der Waals surface area contributed by atoms with E-state index in [2.05, 4.69) is 15.0 Å². The molecule has 8 heteroatoms. The number of carbonyl (C=O) groups excluding carboxylic acids is 1. The summed E-state index contributed by atoms with van der Waals surface area (Å²) in [6.07, 6.45) is 0. The molecule has 0 radical (unpaired) electrons. The van der Waals surface area contributed by atoms with E-state index in [0.29, 0.717) is 17.1 Å². The molecule has 0 atom stereocenters. The third-order valence-corrected chi connectivity index (χ3v) is 2.84. The van der Waals surface area contributed by atoms with Gasteiger partial charge < -0.3 is 14.7 Å². The van der Waals surface area contributed by atoms with Gasteiger partial charge in [-0.3, -0.25) is 4.79 Å². The largest absolute Gasteiger partial charge is 0.347 e. The van der Waals surface area contributed by atoms with Gasteiger partial charge in [0.1, 0.15) is 0 Å². The number of rotatable bonds is 3. The van der Waals surface area contributed by atoms with Crippen LogP contribution in [0.4, 0.5) is 16.7 Å². The molecule has 7 nitrogen and oxygen atoms in total. The molecule has 0 spiro atoms. The van der Waals surface area contributed by atoms with E-state index in [9.17, 15) is 4.79 Å². The topological polar surface area (TPSA) is 65.5 Å². The second-order valence-corrected chi connectivity index (χ2v) is 5.19. The van der Waals surface area contributed by atoms with Crippen LogP contribution in [0.1, 0.15) is 0 Å². The predicted octanol–water partition coefficient (Wildman–Crippen LogP) is 0.777. The van der Waals surface area contributed by atoms with Crippen molar-refractivity contribution in [2.45, 2.75) is 5.16 Å². The van der Waals surface area contributed by atoms with Gasteiger partial charge in [0.2, 0.25) is 17.1 Å². The molecule has 0 aliphatic heterocycles. The van der Waals surface area contributed by atoms with Gasteiger partial charge in [0, 0.05) is 54.0 Å². The van der Waals surface area contributed by atoms with E-state index in [1.165, 1.54) is 4.90 Å². The predicted molar refractivity (Wildman–Crippen MR) is 73.4 cm³/mol. The van der Waals surface area contributed by atoms with Gasteiger partial charge in [-0.25, -0.2) is 0 Å². The first kappa shape index (κ1) is 14.5. The summed E-state index contributed by atoms with van der Waals surface area (Å²) in [6.45, 7) is 0. The number of amides is 1. The molecule has 0 N–H and O–H groups in total. The van der Waals surface area contributed by atoms with Crippen molar-refractivity contribution >= 4 is 28.9 Å². The zero-order chi connectivity index (χ0) is 13.9. The van der Waals surface area contributed by atoms with E-state index in [0.717, 1.165) is 11.8 Å². The van der Waals surface area contributed by atoms with Crippen molar-refractivity contribution < 1.29 is 4.79 Å². The summed E-state index contributed by atoms with van der Waals surface area (Å²) >= 11 is 0.986. The van der Waals surface area contributed by atoms with E-state index in [4.69, 9.17) is 0 Å². The average Bonchev–Trinajstić information content (AvgIpc) is 2.28. The minimum absolute atomic E-state index is 0.115. The fourth-order valence-electron chi connectivity index (χ4n) is 0.951. The first-order chi connectivity index (χ1) is 8.31. The molecule has 0 aliphatic rings. The van der Waals surface area contributed by atoms with Crippen LogP contribution in [-0.4, -0.2) is 67.4 Å². The lowest BCUT2D eigenvalue weighted by Crippen LogP contribution is -2.20. The molecule has 18 heavy (non-hydrogen) atoms. The molecular weight excluding hydrogens is 252 g/mol. The number of anilines is 2. The Labute approximate surface area is 111 Å². The smallest absolute Gasteiger partial charge is 0.288 e. The standard InChI is InChI=1S/C10H18N6OS/c1-14(2)7-11-8(15(3)4)13-9(12-7)18-10(17)16(5)6/h1-6H3. The fourth-order valence-corrected chi connectivity index (χ4v) is 1.54. The van der Waals surface area contributed by atoms with Gasteiger partial charge in [-0.05, 0) is 0 Å². The SMILES string of the molecule is CN(C)C(=O)Sc1nc(N(C)C)nc(N(C)C)n1. The zero-order valence-electron chi connectivity index (χ0n) is 11.5. The van der Waals surface area contributed by atoms with Crippen molar-refractivity contribution in [1.82, 2.24) is 19.9 Å². The molecule has 0 saturated heterocycles. The van der Waals surface area contributed by atoms with Crippen LogP contribution < -0.4 is 9.80 Å². The Morgan fingerprint density at radius 1 is 0.889 bits per heavy atom. The van der Waals surface area contributed by atoms with Crippen molar-refractivity contribution in [2.75, 3.05) is 52.1 Å². The number of carbonyl (C=O) groups is 1. The molecule has 0 unspecified atom stereocenters. The molecule has 0 fully saturated rings. The Morgan fingerprint density at radius 3 is 1.67 bits per heavy atom. The average molecular weight is 270 g/mol. The van der Waals surface area contributed by atoms with Gasteiger partial charge in [-0.1, -0.05) is 0 Å². The molecule has 1 aromatic heterocycles. The Hall–Kier alpha value is -1.57. The highest BCUT2D eigenvalue weighted by Gasteiger charge is 2.14. The zero-order valence-corrected chi connectivity index (χ0v) is 12.3. The first-order valence-electron chi connectivity index (χ1n) is 5.31. The van der Waals surface area contributed by atoms with Crippen LogP contribution in [0.2, 0.25) is 0 Å². The molecule has 1 aromatic rings. The third-order valence-electron chi connectivity index (χ3n) is 1.94. The maximum Gasteiger partial charge on any atom is 0.288 e. The Bertz CT molecular complexity index is 408. The van der Waals surface area contributed by atoms with E-state index in [1.807, 2.05) is 28.2 Å². The lowest BCUT2D eigenvalue weighted by molar-refractivity contribution is 0.241.